The highest BCUT2D eigenvalue weighted by atomic mass is 35.5. The minimum Gasteiger partial charge on any atom is -0.453 e. The summed E-state index contributed by atoms with van der Waals surface area (Å²) in [6.45, 7) is 2.18. The van der Waals surface area contributed by atoms with E-state index in [1.165, 1.54) is 7.11 Å². The first-order chi connectivity index (χ1) is 11.5. The molecule has 0 bridgehead atoms. The number of halogens is 1. The van der Waals surface area contributed by atoms with Gasteiger partial charge in [0.05, 0.1) is 13.2 Å². The van der Waals surface area contributed by atoms with E-state index in [0.717, 1.165) is 5.56 Å². The van der Waals surface area contributed by atoms with Crippen molar-refractivity contribution in [2.45, 2.75) is 19.4 Å². The standard InChI is InChI=1S/C19H20ClNO3/c1-14(15-8-10-17(20)11-9-15)21(19(23)24-2)13-12-18(22)16-6-4-3-5-7-16/h3-11,14H,12-13H2,1-2H3/t14-/m1/s1. The number of hydrogen-bond acceptors (Lipinski definition) is 3. The van der Waals surface area contributed by atoms with Crippen LogP contribution < -0.4 is 0 Å². The number of ketones is 1. The van der Waals surface area contributed by atoms with E-state index in [4.69, 9.17) is 16.3 Å². The van der Waals surface area contributed by atoms with Crippen molar-refractivity contribution in [3.8, 4) is 0 Å². The van der Waals surface area contributed by atoms with E-state index in [-0.39, 0.29) is 24.8 Å². The van der Waals surface area contributed by atoms with Gasteiger partial charge in [0.2, 0.25) is 0 Å². The van der Waals surface area contributed by atoms with Crippen LogP contribution in [-0.4, -0.2) is 30.4 Å². The lowest BCUT2D eigenvalue weighted by Crippen LogP contribution is -2.35. The summed E-state index contributed by atoms with van der Waals surface area (Å²) in [5, 5.41) is 0.634. The highest BCUT2D eigenvalue weighted by molar-refractivity contribution is 6.30. The van der Waals surface area contributed by atoms with Crippen LogP contribution >= 0.6 is 11.6 Å². The zero-order chi connectivity index (χ0) is 17.5. The van der Waals surface area contributed by atoms with Gasteiger partial charge in [0, 0.05) is 23.6 Å². The Bertz CT molecular complexity index is 686. The zero-order valence-corrected chi connectivity index (χ0v) is 14.5. The Kier molecular flexibility index (Phi) is 6.38. The van der Waals surface area contributed by atoms with Gasteiger partial charge >= 0.3 is 6.09 Å². The van der Waals surface area contributed by atoms with Gasteiger partial charge in [-0.05, 0) is 24.6 Å². The molecule has 5 heteroatoms. The van der Waals surface area contributed by atoms with Crippen LogP contribution in [0.4, 0.5) is 4.79 Å². The van der Waals surface area contributed by atoms with Gasteiger partial charge in [-0.15, -0.1) is 0 Å². The number of carbonyl (C=O) groups is 2. The molecule has 1 atom stereocenters. The number of methoxy groups -OCH3 is 1. The largest absolute Gasteiger partial charge is 0.453 e. The van der Waals surface area contributed by atoms with E-state index in [9.17, 15) is 9.59 Å². The van der Waals surface area contributed by atoms with Gasteiger partial charge in [0.1, 0.15) is 0 Å². The normalized spacial score (nSPS) is 11.6. The molecule has 0 heterocycles. The Morgan fingerprint density at radius 1 is 1.08 bits per heavy atom. The molecule has 2 aromatic rings. The number of rotatable bonds is 6. The van der Waals surface area contributed by atoms with Crippen LogP contribution in [0.15, 0.2) is 54.6 Å². The van der Waals surface area contributed by atoms with Crippen LogP contribution in [0.3, 0.4) is 0 Å². The fraction of sp³-hybridized carbons (Fsp3) is 0.263. The maximum atomic E-state index is 12.3. The third-order valence-corrected chi connectivity index (χ3v) is 4.16. The Hall–Kier alpha value is -2.33. The fourth-order valence-electron chi connectivity index (χ4n) is 2.47. The first kappa shape index (κ1) is 18.0. The van der Waals surface area contributed by atoms with Gasteiger partial charge in [-0.1, -0.05) is 54.1 Å². The van der Waals surface area contributed by atoms with Gasteiger partial charge in [-0.3, -0.25) is 4.79 Å². The molecule has 0 aliphatic carbocycles. The van der Waals surface area contributed by atoms with E-state index in [2.05, 4.69) is 0 Å². The molecule has 0 saturated heterocycles. The topological polar surface area (TPSA) is 46.6 Å². The first-order valence-electron chi connectivity index (χ1n) is 7.71. The minimum absolute atomic E-state index is 0.00666. The number of ether oxygens (including phenoxy) is 1. The van der Waals surface area contributed by atoms with Crippen molar-refractivity contribution in [1.29, 1.82) is 0 Å². The van der Waals surface area contributed by atoms with Crippen LogP contribution in [-0.2, 0) is 4.74 Å². The van der Waals surface area contributed by atoms with Gasteiger partial charge < -0.3 is 9.64 Å². The summed E-state index contributed by atoms with van der Waals surface area (Å²) in [4.78, 5) is 25.9. The van der Waals surface area contributed by atoms with Crippen molar-refractivity contribution in [2.75, 3.05) is 13.7 Å². The molecule has 126 valence electrons. The van der Waals surface area contributed by atoms with E-state index >= 15 is 0 Å². The lowest BCUT2D eigenvalue weighted by Gasteiger charge is -2.28. The number of Topliss-reactive ketones (excluding diaryl/α,β-unsaturated/α-hetero) is 1. The number of carbonyl (C=O) groups excluding carboxylic acids is 2. The summed E-state index contributed by atoms with van der Waals surface area (Å²) in [5.74, 6) is -0.00666. The molecule has 0 saturated carbocycles. The van der Waals surface area contributed by atoms with Crippen molar-refractivity contribution in [2.24, 2.45) is 0 Å². The van der Waals surface area contributed by atoms with Crippen molar-refractivity contribution < 1.29 is 14.3 Å². The van der Waals surface area contributed by atoms with Gasteiger partial charge in [-0.25, -0.2) is 4.79 Å². The predicted octanol–water partition coefficient (Wildman–Crippen LogP) is 4.74. The fourth-order valence-corrected chi connectivity index (χ4v) is 2.60. The summed E-state index contributed by atoms with van der Waals surface area (Å²) in [5.41, 5.74) is 1.57. The smallest absolute Gasteiger partial charge is 0.409 e. The van der Waals surface area contributed by atoms with Crippen molar-refractivity contribution in [1.82, 2.24) is 4.90 Å². The predicted molar refractivity (Wildman–Crippen MR) is 94.4 cm³/mol. The van der Waals surface area contributed by atoms with E-state index < -0.39 is 6.09 Å². The molecular formula is C19H20ClNO3. The molecule has 4 nitrogen and oxygen atoms in total. The summed E-state index contributed by atoms with van der Waals surface area (Å²) >= 11 is 5.91. The summed E-state index contributed by atoms with van der Waals surface area (Å²) in [6, 6.07) is 16.1. The summed E-state index contributed by atoms with van der Waals surface area (Å²) < 4.78 is 4.87. The maximum absolute atomic E-state index is 12.3. The average molecular weight is 346 g/mol. The Labute approximate surface area is 147 Å². The Morgan fingerprint density at radius 3 is 2.29 bits per heavy atom. The summed E-state index contributed by atoms with van der Waals surface area (Å²) in [6.07, 6.45) is -0.227. The van der Waals surface area contributed by atoms with Crippen LogP contribution in [0.25, 0.3) is 0 Å². The third-order valence-electron chi connectivity index (χ3n) is 3.90. The molecule has 0 aliphatic rings. The molecule has 2 aromatic carbocycles. The molecule has 0 N–H and O–H groups in total. The number of hydrogen-bond donors (Lipinski definition) is 0. The molecule has 0 unspecified atom stereocenters. The van der Waals surface area contributed by atoms with E-state index in [1.807, 2.05) is 37.3 Å². The molecule has 0 aliphatic heterocycles. The SMILES string of the molecule is COC(=O)N(CCC(=O)c1ccccc1)[C@H](C)c1ccc(Cl)cc1. The molecule has 24 heavy (non-hydrogen) atoms. The van der Waals surface area contributed by atoms with Crippen LogP contribution in [0, 0.1) is 0 Å². The second kappa shape index (κ2) is 8.50. The second-order valence-corrected chi connectivity index (χ2v) is 5.87. The number of benzene rings is 2. The van der Waals surface area contributed by atoms with E-state index in [0.29, 0.717) is 10.6 Å². The van der Waals surface area contributed by atoms with Crippen LogP contribution in [0.1, 0.15) is 35.3 Å². The molecule has 0 fully saturated rings. The zero-order valence-electron chi connectivity index (χ0n) is 13.7. The maximum Gasteiger partial charge on any atom is 0.409 e. The lowest BCUT2D eigenvalue weighted by molar-refractivity contribution is 0.0911. The minimum atomic E-state index is -0.460. The highest BCUT2D eigenvalue weighted by Crippen LogP contribution is 2.23. The molecule has 1 amide bonds. The average Bonchev–Trinajstić information content (AvgIpc) is 2.62. The van der Waals surface area contributed by atoms with Crippen LogP contribution in [0.5, 0.6) is 0 Å². The highest BCUT2D eigenvalue weighted by Gasteiger charge is 2.23. The Morgan fingerprint density at radius 2 is 1.71 bits per heavy atom. The third kappa shape index (κ3) is 4.59. The molecule has 2 rings (SSSR count). The summed E-state index contributed by atoms with van der Waals surface area (Å²) in [7, 11) is 1.34. The van der Waals surface area contributed by atoms with Crippen molar-refractivity contribution in [3.05, 3.63) is 70.7 Å². The first-order valence-corrected chi connectivity index (χ1v) is 8.09. The Balaban J connectivity index is 2.09. The van der Waals surface area contributed by atoms with Crippen molar-refractivity contribution >= 4 is 23.5 Å². The van der Waals surface area contributed by atoms with Crippen molar-refractivity contribution in [3.63, 3.8) is 0 Å². The monoisotopic (exact) mass is 345 g/mol. The lowest BCUT2D eigenvalue weighted by atomic mass is 10.1. The van der Waals surface area contributed by atoms with Gasteiger partial charge in [0.25, 0.3) is 0 Å². The van der Waals surface area contributed by atoms with Gasteiger partial charge in [0.15, 0.2) is 5.78 Å². The molecule has 0 aromatic heterocycles. The second-order valence-electron chi connectivity index (χ2n) is 5.43. The quantitative estimate of drug-likeness (QED) is 0.710. The molecule has 0 spiro atoms. The van der Waals surface area contributed by atoms with Crippen LogP contribution in [0.2, 0.25) is 5.02 Å². The number of nitrogens with zero attached hydrogens (tertiary/aromatic N) is 1. The molecule has 0 radical (unpaired) electrons. The van der Waals surface area contributed by atoms with Gasteiger partial charge in [-0.2, -0.15) is 0 Å². The molecular weight excluding hydrogens is 326 g/mol. The number of amides is 1. The van der Waals surface area contributed by atoms with E-state index in [1.54, 1.807) is 29.2 Å².